The van der Waals surface area contributed by atoms with Crippen molar-refractivity contribution in [2.24, 2.45) is 0 Å². The van der Waals surface area contributed by atoms with Crippen LogP contribution in [-0.2, 0) is 6.54 Å². The van der Waals surface area contributed by atoms with Crippen LogP contribution in [0.5, 0.6) is 0 Å². The van der Waals surface area contributed by atoms with Gasteiger partial charge in [-0.25, -0.2) is 4.68 Å². The van der Waals surface area contributed by atoms with E-state index in [9.17, 15) is 4.79 Å². The number of benzene rings is 2. The van der Waals surface area contributed by atoms with Gasteiger partial charge in [0.2, 0.25) is 0 Å². The van der Waals surface area contributed by atoms with Crippen molar-refractivity contribution >= 4 is 21.8 Å². The molecule has 1 amide bonds. The zero-order valence-electron chi connectivity index (χ0n) is 14.8. The number of carbonyl (C=O) groups excluding carboxylic acids is 1. The van der Waals surface area contributed by atoms with Crippen molar-refractivity contribution < 1.29 is 4.79 Å². The molecule has 0 aliphatic heterocycles. The van der Waals surface area contributed by atoms with E-state index in [-0.39, 0.29) is 11.6 Å². The molecule has 0 fully saturated rings. The number of nitrogens with zero attached hydrogens (tertiary/aromatic N) is 4. The lowest BCUT2D eigenvalue weighted by Crippen LogP contribution is -2.24. The lowest BCUT2D eigenvalue weighted by molar-refractivity contribution is 0.0946. The Labute approximate surface area is 170 Å². The lowest BCUT2D eigenvalue weighted by Gasteiger charge is -2.09. The molecule has 138 valence electrons. The third kappa shape index (κ3) is 3.84. The van der Waals surface area contributed by atoms with E-state index in [4.69, 9.17) is 0 Å². The van der Waals surface area contributed by atoms with E-state index >= 15 is 0 Å². The predicted molar refractivity (Wildman–Crippen MR) is 110 cm³/mol. The van der Waals surface area contributed by atoms with E-state index in [1.165, 1.54) is 0 Å². The number of hydrogen-bond donors (Lipinski definition) is 1. The molecule has 0 saturated heterocycles. The molecule has 4 rings (SSSR count). The monoisotopic (exact) mass is 433 g/mol. The molecule has 0 bridgehead atoms. The van der Waals surface area contributed by atoms with Gasteiger partial charge < -0.3 is 5.32 Å². The van der Waals surface area contributed by atoms with Crippen LogP contribution in [0.2, 0.25) is 0 Å². The topological polar surface area (TPSA) is 72.7 Å². The van der Waals surface area contributed by atoms with Gasteiger partial charge in [0.05, 0.1) is 5.69 Å². The molecule has 2 aromatic carbocycles. The summed E-state index contributed by atoms with van der Waals surface area (Å²) in [5, 5.41) is 11.3. The highest BCUT2D eigenvalue weighted by Crippen LogP contribution is 2.24. The van der Waals surface area contributed by atoms with Gasteiger partial charge in [-0.05, 0) is 42.0 Å². The molecule has 7 heteroatoms. The summed E-state index contributed by atoms with van der Waals surface area (Å²) in [4.78, 5) is 16.9. The first-order valence-corrected chi connectivity index (χ1v) is 9.46. The van der Waals surface area contributed by atoms with Gasteiger partial charge in [0, 0.05) is 29.0 Å². The van der Waals surface area contributed by atoms with Crippen molar-refractivity contribution in [2.75, 3.05) is 0 Å². The smallest absolute Gasteiger partial charge is 0.274 e. The standard InChI is InChI=1S/C21H16BrN5O/c22-17-6-4-5-15(13-17)14-24-21(28)19-20(16-9-11-23-12-10-16)27(26-25-19)18-7-2-1-3-8-18/h1-13H,14H2,(H,24,28). The molecule has 0 radical (unpaired) electrons. The number of rotatable bonds is 5. The zero-order chi connectivity index (χ0) is 19.3. The fourth-order valence-electron chi connectivity index (χ4n) is 2.87. The van der Waals surface area contributed by atoms with Gasteiger partial charge in [-0.15, -0.1) is 5.10 Å². The quantitative estimate of drug-likeness (QED) is 0.515. The second kappa shape index (κ2) is 8.14. The van der Waals surface area contributed by atoms with Crippen molar-refractivity contribution in [3.05, 3.63) is 94.9 Å². The summed E-state index contributed by atoms with van der Waals surface area (Å²) in [7, 11) is 0. The number of amides is 1. The van der Waals surface area contributed by atoms with E-state index in [0.717, 1.165) is 21.3 Å². The second-order valence-electron chi connectivity index (χ2n) is 6.08. The van der Waals surface area contributed by atoms with Gasteiger partial charge in [0.15, 0.2) is 5.69 Å². The third-order valence-electron chi connectivity index (χ3n) is 4.18. The van der Waals surface area contributed by atoms with Crippen LogP contribution < -0.4 is 5.32 Å². The molecule has 0 saturated carbocycles. The van der Waals surface area contributed by atoms with E-state index in [1.807, 2.05) is 66.7 Å². The Morgan fingerprint density at radius 2 is 1.79 bits per heavy atom. The largest absolute Gasteiger partial charge is 0.346 e. The minimum atomic E-state index is -0.283. The Bertz CT molecular complexity index is 1100. The Kier molecular flexibility index (Phi) is 5.25. The lowest BCUT2D eigenvalue weighted by atomic mass is 10.1. The summed E-state index contributed by atoms with van der Waals surface area (Å²) in [6, 6.07) is 21.1. The first kappa shape index (κ1) is 18.1. The number of carbonyl (C=O) groups is 1. The summed E-state index contributed by atoms with van der Waals surface area (Å²) in [6.45, 7) is 0.395. The van der Waals surface area contributed by atoms with Crippen molar-refractivity contribution in [3.63, 3.8) is 0 Å². The van der Waals surface area contributed by atoms with Crippen molar-refractivity contribution in [2.45, 2.75) is 6.54 Å². The predicted octanol–water partition coefficient (Wildman–Crippen LogP) is 4.02. The molecule has 0 aliphatic rings. The summed E-state index contributed by atoms with van der Waals surface area (Å²) in [6.07, 6.45) is 3.36. The summed E-state index contributed by atoms with van der Waals surface area (Å²) < 4.78 is 2.63. The highest BCUT2D eigenvalue weighted by Gasteiger charge is 2.22. The maximum Gasteiger partial charge on any atom is 0.274 e. The van der Waals surface area contributed by atoms with Gasteiger partial charge in [0.1, 0.15) is 5.69 Å². The van der Waals surface area contributed by atoms with Crippen LogP contribution in [0.3, 0.4) is 0 Å². The molecule has 0 spiro atoms. The van der Waals surface area contributed by atoms with Crippen LogP contribution in [0.1, 0.15) is 16.1 Å². The molecule has 2 aromatic heterocycles. The van der Waals surface area contributed by atoms with Crippen LogP contribution in [0.15, 0.2) is 83.6 Å². The molecule has 0 atom stereocenters. The first-order chi connectivity index (χ1) is 13.7. The molecule has 2 heterocycles. The fraction of sp³-hybridized carbons (Fsp3) is 0.0476. The molecule has 4 aromatic rings. The Morgan fingerprint density at radius 1 is 1.00 bits per heavy atom. The molecular weight excluding hydrogens is 418 g/mol. The zero-order valence-corrected chi connectivity index (χ0v) is 16.4. The molecule has 1 N–H and O–H groups in total. The van der Waals surface area contributed by atoms with Crippen LogP contribution >= 0.6 is 15.9 Å². The van der Waals surface area contributed by atoms with Gasteiger partial charge in [-0.1, -0.05) is 51.5 Å². The third-order valence-corrected chi connectivity index (χ3v) is 4.68. The molecule has 0 aliphatic carbocycles. The van der Waals surface area contributed by atoms with Gasteiger partial charge in [-0.2, -0.15) is 0 Å². The van der Waals surface area contributed by atoms with Crippen molar-refractivity contribution in [1.29, 1.82) is 0 Å². The number of aromatic nitrogens is 4. The van der Waals surface area contributed by atoms with Crippen LogP contribution in [0, 0.1) is 0 Å². The van der Waals surface area contributed by atoms with Crippen LogP contribution in [0.4, 0.5) is 0 Å². The Hall–Kier alpha value is -3.32. The van der Waals surface area contributed by atoms with E-state index in [0.29, 0.717) is 12.2 Å². The van der Waals surface area contributed by atoms with Gasteiger partial charge in [-0.3, -0.25) is 9.78 Å². The normalized spacial score (nSPS) is 10.6. The van der Waals surface area contributed by atoms with Gasteiger partial charge in [0.25, 0.3) is 5.91 Å². The van der Waals surface area contributed by atoms with Crippen LogP contribution in [0.25, 0.3) is 16.9 Å². The summed E-state index contributed by atoms with van der Waals surface area (Å²) in [5.41, 5.74) is 3.53. The first-order valence-electron chi connectivity index (χ1n) is 8.66. The second-order valence-corrected chi connectivity index (χ2v) is 7.00. The average molecular weight is 434 g/mol. The van der Waals surface area contributed by atoms with Gasteiger partial charge >= 0.3 is 0 Å². The number of hydrogen-bond acceptors (Lipinski definition) is 4. The Balaban J connectivity index is 1.69. The van der Waals surface area contributed by atoms with E-state index in [1.54, 1.807) is 17.1 Å². The highest BCUT2D eigenvalue weighted by molar-refractivity contribution is 9.10. The number of para-hydroxylation sites is 1. The van der Waals surface area contributed by atoms with Crippen LogP contribution in [-0.4, -0.2) is 25.9 Å². The minimum absolute atomic E-state index is 0.269. The van der Waals surface area contributed by atoms with Crippen molar-refractivity contribution in [3.8, 4) is 16.9 Å². The summed E-state index contributed by atoms with van der Waals surface area (Å²) >= 11 is 3.44. The molecule has 28 heavy (non-hydrogen) atoms. The fourth-order valence-corrected chi connectivity index (χ4v) is 3.31. The maximum absolute atomic E-state index is 12.9. The Morgan fingerprint density at radius 3 is 2.54 bits per heavy atom. The van der Waals surface area contributed by atoms with Crippen molar-refractivity contribution in [1.82, 2.24) is 25.3 Å². The van der Waals surface area contributed by atoms with E-state index < -0.39 is 0 Å². The molecular formula is C21H16BrN5O. The minimum Gasteiger partial charge on any atom is -0.346 e. The number of nitrogens with one attached hydrogen (secondary N) is 1. The number of halogens is 1. The summed E-state index contributed by atoms with van der Waals surface area (Å²) in [5.74, 6) is -0.283. The molecule has 6 nitrogen and oxygen atoms in total. The highest BCUT2D eigenvalue weighted by atomic mass is 79.9. The van der Waals surface area contributed by atoms with E-state index in [2.05, 4.69) is 36.5 Å². The maximum atomic E-state index is 12.9. The molecule has 0 unspecified atom stereocenters. The number of pyridine rings is 1. The average Bonchev–Trinajstić information content (AvgIpc) is 3.19. The SMILES string of the molecule is O=C(NCc1cccc(Br)c1)c1nnn(-c2ccccc2)c1-c1ccncc1.